The Hall–Kier alpha value is -0.0900. The van der Waals surface area contributed by atoms with E-state index in [1.807, 2.05) is 45.2 Å². The van der Waals surface area contributed by atoms with E-state index in [2.05, 4.69) is 0 Å². The van der Waals surface area contributed by atoms with Gasteiger partial charge >= 0.3 is 5.97 Å². The number of nitrogens with two attached hydrogens (primary N) is 1. The van der Waals surface area contributed by atoms with Gasteiger partial charge in [-0.05, 0) is 57.3 Å². The third kappa shape index (κ3) is 2.48. The summed E-state index contributed by atoms with van der Waals surface area (Å²) in [6.07, 6.45) is 0. The molecule has 0 aliphatic heterocycles. The van der Waals surface area contributed by atoms with Gasteiger partial charge in [-0.3, -0.25) is 4.79 Å². The lowest BCUT2D eigenvalue weighted by atomic mass is 10.1. The van der Waals surface area contributed by atoms with Gasteiger partial charge in [-0.25, -0.2) is 0 Å². The van der Waals surface area contributed by atoms with Crippen molar-refractivity contribution in [3.63, 3.8) is 0 Å². The number of phenolic OH excluding ortho intramolecular Hbond substituents is 1. The second-order valence-electron chi connectivity index (χ2n) is 2.64. The summed E-state index contributed by atoms with van der Waals surface area (Å²) >= 11 is 3.97. The van der Waals surface area contributed by atoms with Crippen LogP contribution < -0.4 is 5.73 Å². The molecule has 0 unspecified atom stereocenters. The van der Waals surface area contributed by atoms with Crippen LogP contribution >= 0.6 is 45.2 Å². The van der Waals surface area contributed by atoms with E-state index in [0.29, 0.717) is 3.57 Å². The first-order valence-corrected chi connectivity index (χ1v) is 5.75. The molecule has 76 valence electrons. The first kappa shape index (κ1) is 12.0. The zero-order chi connectivity index (χ0) is 10.9. The molecule has 0 saturated carbocycles. The predicted molar refractivity (Wildman–Crippen MR) is 68.1 cm³/mol. The maximum absolute atomic E-state index is 10.6. The zero-order valence-corrected chi connectivity index (χ0v) is 11.2. The van der Waals surface area contributed by atoms with Crippen LogP contribution in [0.5, 0.6) is 5.75 Å². The second kappa shape index (κ2) is 4.62. The molecule has 0 fully saturated rings. The number of benzene rings is 1. The van der Waals surface area contributed by atoms with Gasteiger partial charge in [-0.2, -0.15) is 0 Å². The fraction of sp³-hybridized carbons (Fsp3) is 0.125. The minimum atomic E-state index is -1.18. The van der Waals surface area contributed by atoms with Crippen LogP contribution in [0.25, 0.3) is 0 Å². The molecule has 0 heterocycles. The number of aliphatic carboxylic acids is 1. The van der Waals surface area contributed by atoms with Gasteiger partial charge in [0.2, 0.25) is 0 Å². The molecular formula is C8H7I2NO3. The smallest absolute Gasteiger partial charge is 0.325 e. The largest absolute Gasteiger partial charge is 0.506 e. The molecule has 0 radical (unpaired) electrons. The molecule has 4 nitrogen and oxygen atoms in total. The Morgan fingerprint density at radius 1 is 1.43 bits per heavy atom. The molecule has 0 amide bonds. The van der Waals surface area contributed by atoms with Crippen LogP contribution in [-0.2, 0) is 4.79 Å². The summed E-state index contributed by atoms with van der Waals surface area (Å²) < 4.78 is 1.44. The third-order valence-electron chi connectivity index (χ3n) is 1.66. The van der Waals surface area contributed by atoms with E-state index in [-0.39, 0.29) is 11.3 Å². The summed E-state index contributed by atoms with van der Waals surface area (Å²) in [6, 6.07) is 2.13. The van der Waals surface area contributed by atoms with Gasteiger partial charge in [0.05, 0.1) is 3.57 Å². The summed E-state index contributed by atoms with van der Waals surface area (Å²) in [6.45, 7) is 0. The first-order chi connectivity index (χ1) is 6.43. The van der Waals surface area contributed by atoms with E-state index in [9.17, 15) is 9.90 Å². The van der Waals surface area contributed by atoms with E-state index in [4.69, 9.17) is 10.8 Å². The molecule has 0 saturated heterocycles. The molecule has 1 aromatic carbocycles. The lowest BCUT2D eigenvalue weighted by Crippen LogP contribution is -2.21. The van der Waals surface area contributed by atoms with Gasteiger partial charge in [0.15, 0.2) is 0 Å². The Kier molecular flexibility index (Phi) is 3.95. The number of aromatic hydroxyl groups is 1. The summed E-state index contributed by atoms with van der Waals surface area (Å²) in [5.74, 6) is -1.21. The number of halogens is 2. The van der Waals surface area contributed by atoms with Crippen LogP contribution in [0.2, 0.25) is 0 Å². The Morgan fingerprint density at radius 2 is 2.00 bits per heavy atom. The van der Waals surface area contributed by atoms with Crippen molar-refractivity contribution in [1.82, 2.24) is 0 Å². The number of carboxylic acid groups (broad SMARTS) is 1. The fourth-order valence-electron chi connectivity index (χ4n) is 0.956. The lowest BCUT2D eigenvalue weighted by Gasteiger charge is -2.10. The van der Waals surface area contributed by atoms with Crippen molar-refractivity contribution in [3.05, 3.63) is 24.8 Å². The summed E-state index contributed by atoms with van der Waals surface area (Å²) in [5.41, 5.74) is 5.65. The molecule has 1 rings (SSSR count). The molecule has 14 heavy (non-hydrogen) atoms. The highest BCUT2D eigenvalue weighted by Gasteiger charge is 2.20. The third-order valence-corrected chi connectivity index (χ3v) is 3.10. The van der Waals surface area contributed by atoms with Gasteiger partial charge in [-0.1, -0.05) is 0 Å². The van der Waals surface area contributed by atoms with Gasteiger partial charge in [0, 0.05) is 9.13 Å². The van der Waals surface area contributed by atoms with Crippen molar-refractivity contribution in [2.45, 2.75) is 6.04 Å². The van der Waals surface area contributed by atoms with E-state index >= 15 is 0 Å². The van der Waals surface area contributed by atoms with Gasteiger partial charge in [0.1, 0.15) is 11.8 Å². The molecule has 0 aromatic heterocycles. The highest BCUT2D eigenvalue weighted by Crippen LogP contribution is 2.30. The lowest BCUT2D eigenvalue weighted by molar-refractivity contribution is -0.138. The minimum absolute atomic E-state index is 0.0547. The number of hydrogen-bond donors (Lipinski definition) is 3. The number of rotatable bonds is 2. The molecule has 4 N–H and O–H groups in total. The Labute approximate surface area is 108 Å². The zero-order valence-electron chi connectivity index (χ0n) is 6.87. The average molecular weight is 419 g/mol. The predicted octanol–water partition coefficient (Wildman–Crippen LogP) is 1.69. The van der Waals surface area contributed by atoms with Crippen molar-refractivity contribution in [1.29, 1.82) is 0 Å². The Bertz CT molecular complexity index is 381. The highest BCUT2D eigenvalue weighted by atomic mass is 127. The second-order valence-corrected chi connectivity index (χ2v) is 5.05. The van der Waals surface area contributed by atoms with Crippen LogP contribution in [0.15, 0.2) is 12.1 Å². The van der Waals surface area contributed by atoms with E-state index in [0.717, 1.165) is 3.57 Å². The summed E-state index contributed by atoms with van der Waals surface area (Å²) in [7, 11) is 0. The Morgan fingerprint density at radius 3 is 2.50 bits per heavy atom. The maximum atomic E-state index is 10.6. The van der Waals surface area contributed by atoms with Crippen molar-refractivity contribution in [2.24, 2.45) is 5.73 Å². The monoisotopic (exact) mass is 419 g/mol. The van der Waals surface area contributed by atoms with Crippen LogP contribution in [0.4, 0.5) is 0 Å². The van der Waals surface area contributed by atoms with Crippen LogP contribution in [0.1, 0.15) is 11.6 Å². The van der Waals surface area contributed by atoms with E-state index in [1.165, 1.54) is 0 Å². The molecule has 0 aliphatic rings. The maximum Gasteiger partial charge on any atom is 0.325 e. The molecule has 6 heteroatoms. The van der Waals surface area contributed by atoms with Crippen molar-refractivity contribution in [3.8, 4) is 5.75 Å². The average Bonchev–Trinajstić information content (AvgIpc) is 2.09. The molecule has 0 aliphatic carbocycles. The summed E-state index contributed by atoms with van der Waals surface area (Å²) in [5, 5.41) is 18.3. The Balaban J connectivity index is 3.26. The number of carboxylic acids is 1. The molecule has 1 atom stereocenters. The van der Waals surface area contributed by atoms with Crippen LogP contribution in [-0.4, -0.2) is 16.2 Å². The molecular weight excluding hydrogens is 412 g/mol. The van der Waals surface area contributed by atoms with E-state index in [1.54, 1.807) is 12.1 Å². The molecule has 1 aromatic rings. The number of hydrogen-bond acceptors (Lipinski definition) is 3. The van der Waals surface area contributed by atoms with Crippen LogP contribution in [0.3, 0.4) is 0 Å². The minimum Gasteiger partial charge on any atom is -0.506 e. The standard InChI is InChI=1S/C8H7I2NO3/c9-3-1-4(6(11)8(13)14)7(12)5(10)2-3/h1-2,6,12H,11H2,(H,13,14)/t6-/m1/s1. The van der Waals surface area contributed by atoms with Gasteiger partial charge in [0.25, 0.3) is 0 Å². The normalized spacial score (nSPS) is 12.5. The topological polar surface area (TPSA) is 83.6 Å². The molecule has 0 bridgehead atoms. The van der Waals surface area contributed by atoms with Gasteiger partial charge < -0.3 is 15.9 Å². The van der Waals surface area contributed by atoms with Crippen molar-refractivity contribution in [2.75, 3.05) is 0 Å². The van der Waals surface area contributed by atoms with Crippen molar-refractivity contribution < 1.29 is 15.0 Å². The fourth-order valence-corrected chi connectivity index (χ4v) is 2.85. The van der Waals surface area contributed by atoms with Crippen molar-refractivity contribution >= 4 is 51.2 Å². The quantitative estimate of drug-likeness (QED) is 0.638. The van der Waals surface area contributed by atoms with Crippen LogP contribution in [0, 0.1) is 7.14 Å². The highest BCUT2D eigenvalue weighted by molar-refractivity contribution is 14.1. The number of phenols is 1. The van der Waals surface area contributed by atoms with E-state index < -0.39 is 12.0 Å². The number of carbonyl (C=O) groups is 1. The summed E-state index contributed by atoms with van der Waals surface area (Å²) in [4.78, 5) is 10.6. The first-order valence-electron chi connectivity index (χ1n) is 3.59. The van der Waals surface area contributed by atoms with Gasteiger partial charge in [-0.15, -0.1) is 0 Å². The SMILES string of the molecule is N[C@@H](C(=O)O)c1cc(I)cc(I)c1O. The molecule has 0 spiro atoms.